The number of aromatic carboxylic acids is 1. The Labute approximate surface area is 252 Å². The number of amides is 1. The van der Waals surface area contributed by atoms with Gasteiger partial charge in [0.1, 0.15) is 22.2 Å². The zero-order chi connectivity index (χ0) is 31.5. The molecule has 0 spiro atoms. The first-order chi connectivity index (χ1) is 20.3. The standard InChI is InChI=1S/C30H34FN3O8S/c1-5-41-28(37)24-23(21-14-15-22(43-21)27(35)36)26(34(39)40)19(13-10-17-8-11-18(31)12-9-17)32-25(24)20-7-6-16-33(20)29(38)42-30(2,3)4/h8-9,11-12,14-15,20,23,32H,5-7,10,13,16H2,1-4H3,(H,35,36)/t20-,23?/m0/s1. The molecule has 0 radical (unpaired) electrons. The number of carbonyl (C=O) groups is 3. The number of nitrogens with zero attached hydrogens (tertiary/aromatic N) is 2. The van der Waals surface area contributed by atoms with Crippen molar-refractivity contribution in [3.63, 3.8) is 0 Å². The average Bonchev–Trinajstić information content (AvgIpc) is 3.61. The number of nitrogens with one attached hydrogen (secondary N) is 1. The van der Waals surface area contributed by atoms with Crippen molar-refractivity contribution in [2.45, 2.75) is 70.9 Å². The van der Waals surface area contributed by atoms with Gasteiger partial charge in [-0.2, -0.15) is 0 Å². The van der Waals surface area contributed by atoms with E-state index in [1.807, 2.05) is 0 Å². The molecule has 1 aromatic carbocycles. The van der Waals surface area contributed by atoms with Crippen LogP contribution in [0, 0.1) is 15.9 Å². The number of carboxylic acid groups (broad SMARTS) is 1. The number of benzene rings is 1. The fraction of sp³-hybridized carbons (Fsp3) is 0.433. The lowest BCUT2D eigenvalue weighted by atomic mass is 9.84. The Morgan fingerprint density at radius 1 is 1.16 bits per heavy atom. The first kappa shape index (κ1) is 31.7. The minimum absolute atomic E-state index is 0.0114. The Hall–Kier alpha value is -4.26. The van der Waals surface area contributed by atoms with E-state index < -0.39 is 46.3 Å². The first-order valence-electron chi connectivity index (χ1n) is 13.9. The number of allylic oxidation sites excluding steroid dienone is 2. The predicted octanol–water partition coefficient (Wildman–Crippen LogP) is 5.61. The maximum Gasteiger partial charge on any atom is 0.410 e. The molecular weight excluding hydrogens is 581 g/mol. The summed E-state index contributed by atoms with van der Waals surface area (Å²) in [7, 11) is 0. The Kier molecular flexibility index (Phi) is 9.53. The predicted molar refractivity (Wildman–Crippen MR) is 156 cm³/mol. The number of likely N-dealkylation sites (tertiary alicyclic amines) is 1. The van der Waals surface area contributed by atoms with Crippen LogP contribution in [0.15, 0.2) is 59.1 Å². The zero-order valence-electron chi connectivity index (χ0n) is 24.3. The van der Waals surface area contributed by atoms with Gasteiger partial charge < -0.3 is 19.9 Å². The summed E-state index contributed by atoms with van der Waals surface area (Å²) in [6.45, 7) is 7.16. The molecule has 2 aromatic rings. The molecule has 43 heavy (non-hydrogen) atoms. The largest absolute Gasteiger partial charge is 0.477 e. The number of carboxylic acids is 1. The van der Waals surface area contributed by atoms with Crippen molar-refractivity contribution < 1.29 is 38.3 Å². The average molecular weight is 616 g/mol. The van der Waals surface area contributed by atoms with Crippen LogP contribution in [0.4, 0.5) is 9.18 Å². The normalized spacial score (nSPS) is 18.9. The van der Waals surface area contributed by atoms with Crippen LogP contribution in [0.2, 0.25) is 0 Å². The van der Waals surface area contributed by atoms with Crippen molar-refractivity contribution >= 4 is 29.4 Å². The number of ether oxygens (including phenoxy) is 2. The van der Waals surface area contributed by atoms with E-state index in [0.29, 0.717) is 25.8 Å². The summed E-state index contributed by atoms with van der Waals surface area (Å²) < 4.78 is 24.5. The van der Waals surface area contributed by atoms with Crippen LogP contribution in [-0.4, -0.2) is 57.8 Å². The van der Waals surface area contributed by atoms with E-state index in [9.17, 15) is 34.0 Å². The molecule has 1 fully saturated rings. The molecule has 2 atom stereocenters. The third-order valence-corrected chi connectivity index (χ3v) is 8.19. The molecule has 13 heteroatoms. The molecule has 11 nitrogen and oxygen atoms in total. The molecule has 1 saturated heterocycles. The van der Waals surface area contributed by atoms with Gasteiger partial charge in [0.25, 0.3) is 5.70 Å². The van der Waals surface area contributed by atoms with Crippen molar-refractivity contribution in [2.75, 3.05) is 13.2 Å². The smallest absolute Gasteiger partial charge is 0.410 e. The van der Waals surface area contributed by atoms with Gasteiger partial charge in [-0.1, -0.05) is 12.1 Å². The minimum Gasteiger partial charge on any atom is -0.477 e. The number of hydrogen-bond acceptors (Lipinski definition) is 9. The summed E-state index contributed by atoms with van der Waals surface area (Å²) in [4.78, 5) is 52.5. The lowest BCUT2D eigenvalue weighted by molar-refractivity contribution is -0.431. The van der Waals surface area contributed by atoms with Gasteiger partial charge in [0.05, 0.1) is 28.8 Å². The first-order valence-corrected chi connectivity index (χ1v) is 14.7. The molecule has 1 aromatic heterocycles. The molecule has 0 saturated carbocycles. The van der Waals surface area contributed by atoms with Crippen molar-refractivity contribution in [1.29, 1.82) is 0 Å². The number of dihydropyridines is 1. The van der Waals surface area contributed by atoms with Gasteiger partial charge in [-0.3, -0.25) is 15.0 Å². The summed E-state index contributed by atoms with van der Waals surface area (Å²) >= 11 is 0.831. The maximum atomic E-state index is 13.6. The molecule has 0 aliphatic carbocycles. The number of carbonyl (C=O) groups excluding carboxylic acids is 2. The van der Waals surface area contributed by atoms with E-state index in [-0.39, 0.29) is 45.4 Å². The highest BCUT2D eigenvalue weighted by Gasteiger charge is 2.47. The van der Waals surface area contributed by atoms with Gasteiger partial charge in [-0.15, -0.1) is 11.3 Å². The van der Waals surface area contributed by atoms with Crippen LogP contribution < -0.4 is 5.32 Å². The Morgan fingerprint density at radius 3 is 2.44 bits per heavy atom. The van der Waals surface area contributed by atoms with Gasteiger partial charge in [0, 0.05) is 17.1 Å². The van der Waals surface area contributed by atoms with Gasteiger partial charge in [-0.05, 0) is 83.2 Å². The highest BCUT2D eigenvalue weighted by molar-refractivity contribution is 7.14. The molecule has 2 N–H and O–H groups in total. The summed E-state index contributed by atoms with van der Waals surface area (Å²) in [6, 6.07) is 7.88. The second-order valence-corrected chi connectivity index (χ2v) is 12.3. The third kappa shape index (κ3) is 7.22. The summed E-state index contributed by atoms with van der Waals surface area (Å²) in [5, 5.41) is 25.5. The quantitative estimate of drug-likeness (QED) is 0.209. The Morgan fingerprint density at radius 2 is 1.86 bits per heavy atom. The van der Waals surface area contributed by atoms with Crippen LogP contribution in [0.3, 0.4) is 0 Å². The monoisotopic (exact) mass is 615 g/mol. The molecule has 230 valence electrons. The van der Waals surface area contributed by atoms with Crippen molar-refractivity contribution in [2.24, 2.45) is 0 Å². The fourth-order valence-corrected chi connectivity index (χ4v) is 6.25. The Bertz CT molecular complexity index is 1470. The van der Waals surface area contributed by atoms with Crippen LogP contribution in [0.5, 0.6) is 0 Å². The Balaban J connectivity index is 1.89. The summed E-state index contributed by atoms with van der Waals surface area (Å²) in [6.07, 6.45) is 0.870. The van der Waals surface area contributed by atoms with E-state index in [4.69, 9.17) is 9.47 Å². The molecule has 2 aliphatic rings. The highest BCUT2D eigenvalue weighted by Crippen LogP contribution is 2.44. The van der Waals surface area contributed by atoms with Gasteiger partial charge in [0.2, 0.25) is 0 Å². The van der Waals surface area contributed by atoms with Crippen LogP contribution in [0.1, 0.15) is 73.0 Å². The molecule has 1 unspecified atom stereocenters. The number of esters is 1. The lowest BCUT2D eigenvalue weighted by Gasteiger charge is -2.35. The number of halogens is 1. The second-order valence-electron chi connectivity index (χ2n) is 11.2. The maximum absolute atomic E-state index is 13.6. The molecule has 2 aliphatic heterocycles. The van der Waals surface area contributed by atoms with E-state index in [2.05, 4.69) is 5.32 Å². The summed E-state index contributed by atoms with van der Waals surface area (Å²) in [5.74, 6) is -3.70. The van der Waals surface area contributed by atoms with Gasteiger partial charge >= 0.3 is 18.0 Å². The fourth-order valence-electron chi connectivity index (χ4n) is 5.29. The number of thiophene rings is 1. The van der Waals surface area contributed by atoms with E-state index in [1.165, 1.54) is 29.2 Å². The number of hydrogen-bond donors (Lipinski definition) is 2. The molecule has 1 amide bonds. The van der Waals surface area contributed by atoms with E-state index >= 15 is 0 Å². The van der Waals surface area contributed by atoms with E-state index in [1.54, 1.807) is 39.8 Å². The topological polar surface area (TPSA) is 148 Å². The number of aryl methyl sites for hydroxylation is 1. The molecule has 3 heterocycles. The third-order valence-electron chi connectivity index (χ3n) is 7.05. The number of rotatable bonds is 9. The highest BCUT2D eigenvalue weighted by atomic mass is 32.1. The molecule has 4 rings (SSSR count). The van der Waals surface area contributed by atoms with Crippen molar-refractivity contribution in [1.82, 2.24) is 10.2 Å². The molecular formula is C30H34FN3O8S. The lowest BCUT2D eigenvalue weighted by Crippen LogP contribution is -2.46. The zero-order valence-corrected chi connectivity index (χ0v) is 25.2. The van der Waals surface area contributed by atoms with E-state index in [0.717, 1.165) is 16.9 Å². The molecule has 0 bridgehead atoms. The SMILES string of the molecule is CCOC(=O)C1=C([C@@H]2CCCN2C(=O)OC(C)(C)C)NC(CCc2ccc(F)cc2)=C([N+](=O)[O-])C1c1ccc(C(=O)O)s1. The minimum atomic E-state index is -1.27. The van der Waals surface area contributed by atoms with Gasteiger partial charge in [-0.25, -0.2) is 18.8 Å². The summed E-state index contributed by atoms with van der Waals surface area (Å²) in [5.41, 5.74) is 0.0411. The van der Waals surface area contributed by atoms with Crippen molar-refractivity contribution in [3.05, 3.63) is 90.3 Å². The number of nitro groups is 1. The van der Waals surface area contributed by atoms with Crippen LogP contribution in [0.25, 0.3) is 0 Å². The van der Waals surface area contributed by atoms with Crippen molar-refractivity contribution in [3.8, 4) is 0 Å². The second kappa shape index (κ2) is 12.9. The van der Waals surface area contributed by atoms with Crippen LogP contribution in [-0.2, 0) is 20.7 Å². The van der Waals surface area contributed by atoms with Gasteiger partial charge in [0.15, 0.2) is 0 Å². The van der Waals surface area contributed by atoms with Crippen LogP contribution >= 0.6 is 11.3 Å².